The molecule has 3 rings (SSSR count). The van der Waals surface area contributed by atoms with E-state index in [2.05, 4.69) is 15.0 Å². The van der Waals surface area contributed by atoms with Crippen LogP contribution in [0.25, 0.3) is 5.69 Å². The Labute approximate surface area is 121 Å². The number of aromatic nitrogens is 4. The summed E-state index contributed by atoms with van der Waals surface area (Å²) in [5.41, 5.74) is 1.21. The Balaban J connectivity index is 1.91. The standard InChI is InChI=1S/C15H13FN4O/c1-2-13-14(16)15(19-9-18-13)21-12-5-3-4-11(8-12)20-7-6-17-10-20/h3-10H,2H2,1H3. The molecule has 0 aliphatic carbocycles. The van der Waals surface area contributed by atoms with Gasteiger partial charge in [-0.1, -0.05) is 13.0 Å². The Kier molecular flexibility index (Phi) is 3.59. The van der Waals surface area contributed by atoms with Gasteiger partial charge in [0, 0.05) is 18.5 Å². The van der Waals surface area contributed by atoms with Crippen LogP contribution in [0, 0.1) is 5.82 Å². The molecule has 0 bridgehead atoms. The zero-order valence-electron chi connectivity index (χ0n) is 11.4. The van der Waals surface area contributed by atoms with Crippen molar-refractivity contribution in [2.24, 2.45) is 0 Å². The molecule has 0 atom stereocenters. The first-order valence-electron chi connectivity index (χ1n) is 6.53. The lowest BCUT2D eigenvalue weighted by Gasteiger charge is -2.09. The lowest BCUT2D eigenvalue weighted by atomic mass is 10.3. The molecule has 0 aliphatic rings. The van der Waals surface area contributed by atoms with Crippen LogP contribution in [-0.4, -0.2) is 19.5 Å². The van der Waals surface area contributed by atoms with Gasteiger partial charge in [0.15, 0.2) is 0 Å². The van der Waals surface area contributed by atoms with Crippen LogP contribution in [0.4, 0.5) is 4.39 Å². The molecule has 2 heterocycles. The van der Waals surface area contributed by atoms with Crippen LogP contribution in [0.2, 0.25) is 0 Å². The van der Waals surface area contributed by atoms with Crippen LogP contribution < -0.4 is 4.74 Å². The highest BCUT2D eigenvalue weighted by Gasteiger charge is 2.12. The Morgan fingerprint density at radius 3 is 2.95 bits per heavy atom. The van der Waals surface area contributed by atoms with E-state index in [1.165, 1.54) is 6.33 Å². The van der Waals surface area contributed by atoms with E-state index in [4.69, 9.17) is 4.74 Å². The molecule has 0 spiro atoms. The largest absolute Gasteiger partial charge is 0.436 e. The van der Waals surface area contributed by atoms with Gasteiger partial charge in [-0.25, -0.2) is 9.97 Å². The molecule has 0 saturated carbocycles. The number of hydrogen-bond donors (Lipinski definition) is 0. The van der Waals surface area contributed by atoms with Crippen LogP contribution in [0.1, 0.15) is 12.6 Å². The zero-order valence-corrected chi connectivity index (χ0v) is 11.4. The van der Waals surface area contributed by atoms with Crippen LogP contribution in [0.15, 0.2) is 49.3 Å². The summed E-state index contributed by atoms with van der Waals surface area (Å²) in [7, 11) is 0. The van der Waals surface area contributed by atoms with E-state index in [-0.39, 0.29) is 5.88 Å². The van der Waals surface area contributed by atoms with E-state index in [9.17, 15) is 4.39 Å². The third-order valence-electron chi connectivity index (χ3n) is 3.00. The molecule has 0 fully saturated rings. The summed E-state index contributed by atoms with van der Waals surface area (Å²) in [5.74, 6) is -0.0847. The number of hydrogen-bond acceptors (Lipinski definition) is 4. The first kappa shape index (κ1) is 13.2. The average Bonchev–Trinajstić information content (AvgIpc) is 3.04. The predicted molar refractivity (Wildman–Crippen MR) is 75.0 cm³/mol. The van der Waals surface area contributed by atoms with Crippen LogP contribution >= 0.6 is 0 Å². The molecule has 0 saturated heterocycles. The molecule has 0 N–H and O–H groups in total. The molecule has 0 unspecified atom stereocenters. The van der Waals surface area contributed by atoms with Gasteiger partial charge in [-0.2, -0.15) is 9.37 Å². The second-order valence-electron chi connectivity index (χ2n) is 4.36. The first-order chi connectivity index (χ1) is 10.3. The van der Waals surface area contributed by atoms with Crippen LogP contribution in [-0.2, 0) is 6.42 Å². The van der Waals surface area contributed by atoms with Gasteiger partial charge in [0.05, 0.1) is 17.7 Å². The Morgan fingerprint density at radius 1 is 1.29 bits per heavy atom. The van der Waals surface area contributed by atoms with Crippen LogP contribution in [0.3, 0.4) is 0 Å². The van der Waals surface area contributed by atoms with Crippen molar-refractivity contribution in [3.05, 3.63) is 60.8 Å². The molecule has 21 heavy (non-hydrogen) atoms. The smallest absolute Gasteiger partial charge is 0.259 e. The molecule has 5 nitrogen and oxygen atoms in total. The summed E-state index contributed by atoms with van der Waals surface area (Å²) < 4.78 is 21.4. The fourth-order valence-electron chi connectivity index (χ4n) is 1.94. The summed E-state index contributed by atoms with van der Waals surface area (Å²) in [6.45, 7) is 1.83. The molecule has 1 aromatic carbocycles. The third kappa shape index (κ3) is 2.74. The molecular weight excluding hydrogens is 271 g/mol. The first-order valence-corrected chi connectivity index (χ1v) is 6.53. The van der Waals surface area contributed by atoms with Gasteiger partial charge >= 0.3 is 0 Å². The topological polar surface area (TPSA) is 52.8 Å². The minimum atomic E-state index is -0.520. The number of ether oxygens (including phenoxy) is 1. The number of halogens is 1. The van der Waals surface area contributed by atoms with Crippen LogP contribution in [0.5, 0.6) is 11.6 Å². The monoisotopic (exact) mass is 284 g/mol. The number of benzene rings is 1. The molecular formula is C15H13FN4O. The fourth-order valence-corrected chi connectivity index (χ4v) is 1.94. The Hall–Kier alpha value is -2.76. The second kappa shape index (κ2) is 5.70. The predicted octanol–water partition coefficient (Wildman–Crippen LogP) is 3.16. The van der Waals surface area contributed by atoms with Crippen molar-refractivity contribution in [3.63, 3.8) is 0 Å². The van der Waals surface area contributed by atoms with E-state index < -0.39 is 5.82 Å². The van der Waals surface area contributed by atoms with Gasteiger partial charge in [-0.3, -0.25) is 0 Å². The number of aryl methyl sites for hydroxylation is 1. The van der Waals surface area contributed by atoms with Gasteiger partial charge in [0.2, 0.25) is 5.82 Å². The van der Waals surface area contributed by atoms with Gasteiger partial charge in [-0.15, -0.1) is 0 Å². The molecule has 0 radical (unpaired) electrons. The fraction of sp³-hybridized carbons (Fsp3) is 0.133. The lowest BCUT2D eigenvalue weighted by Crippen LogP contribution is -2.00. The van der Waals surface area contributed by atoms with Crippen molar-refractivity contribution in [3.8, 4) is 17.3 Å². The summed E-state index contributed by atoms with van der Waals surface area (Å²) in [6.07, 6.45) is 6.97. The van der Waals surface area contributed by atoms with E-state index in [1.807, 2.05) is 29.8 Å². The number of rotatable bonds is 4. The summed E-state index contributed by atoms with van der Waals surface area (Å²) >= 11 is 0. The van der Waals surface area contributed by atoms with Gasteiger partial charge in [0.25, 0.3) is 5.88 Å². The molecule has 6 heteroatoms. The van der Waals surface area contributed by atoms with Gasteiger partial charge in [0.1, 0.15) is 12.1 Å². The van der Waals surface area contributed by atoms with Crippen molar-refractivity contribution in [2.75, 3.05) is 0 Å². The van der Waals surface area contributed by atoms with E-state index in [1.54, 1.807) is 24.7 Å². The van der Waals surface area contributed by atoms with Crippen molar-refractivity contribution in [1.82, 2.24) is 19.5 Å². The highest BCUT2D eigenvalue weighted by atomic mass is 19.1. The maximum Gasteiger partial charge on any atom is 0.259 e. The van der Waals surface area contributed by atoms with E-state index >= 15 is 0 Å². The maximum atomic E-state index is 14.1. The maximum absolute atomic E-state index is 14.1. The number of imidazole rings is 1. The molecule has 0 amide bonds. The second-order valence-corrected chi connectivity index (χ2v) is 4.36. The van der Waals surface area contributed by atoms with Crippen molar-refractivity contribution in [2.45, 2.75) is 13.3 Å². The quantitative estimate of drug-likeness (QED) is 0.738. The Bertz CT molecular complexity index is 743. The van der Waals surface area contributed by atoms with Crippen molar-refractivity contribution in [1.29, 1.82) is 0 Å². The molecule has 2 aromatic heterocycles. The molecule has 0 aliphatic heterocycles. The van der Waals surface area contributed by atoms with E-state index in [0.29, 0.717) is 17.9 Å². The highest BCUT2D eigenvalue weighted by Crippen LogP contribution is 2.25. The highest BCUT2D eigenvalue weighted by molar-refractivity contribution is 5.40. The number of nitrogens with zero attached hydrogens (tertiary/aromatic N) is 4. The SMILES string of the molecule is CCc1ncnc(Oc2cccc(-n3ccnc3)c2)c1F. The average molecular weight is 284 g/mol. The summed E-state index contributed by atoms with van der Waals surface area (Å²) in [5, 5.41) is 0. The molecule has 106 valence electrons. The lowest BCUT2D eigenvalue weighted by molar-refractivity contribution is 0.415. The minimum absolute atomic E-state index is 0.0652. The zero-order chi connectivity index (χ0) is 14.7. The van der Waals surface area contributed by atoms with E-state index in [0.717, 1.165) is 5.69 Å². The minimum Gasteiger partial charge on any atom is -0.436 e. The molecule has 3 aromatic rings. The third-order valence-corrected chi connectivity index (χ3v) is 3.00. The summed E-state index contributed by atoms with van der Waals surface area (Å²) in [6, 6.07) is 7.26. The normalized spacial score (nSPS) is 10.6. The van der Waals surface area contributed by atoms with Crippen molar-refractivity contribution >= 4 is 0 Å². The summed E-state index contributed by atoms with van der Waals surface area (Å²) in [4.78, 5) is 11.7. The van der Waals surface area contributed by atoms with Gasteiger partial charge < -0.3 is 9.30 Å². The Morgan fingerprint density at radius 2 is 2.19 bits per heavy atom. The van der Waals surface area contributed by atoms with Gasteiger partial charge in [-0.05, 0) is 18.6 Å². The van der Waals surface area contributed by atoms with Crippen molar-refractivity contribution < 1.29 is 9.13 Å².